The van der Waals surface area contributed by atoms with Gasteiger partial charge in [0.25, 0.3) is 5.91 Å². The molecule has 0 atom stereocenters. The number of hydrogen-bond acceptors (Lipinski definition) is 8. The molecule has 0 aliphatic rings. The monoisotopic (exact) mass is 460 g/mol. The van der Waals surface area contributed by atoms with Crippen molar-refractivity contribution in [2.45, 2.75) is 26.7 Å². The van der Waals surface area contributed by atoms with E-state index in [0.717, 1.165) is 11.3 Å². The molecule has 0 saturated carbocycles. The third-order valence-electron chi connectivity index (χ3n) is 4.45. The van der Waals surface area contributed by atoms with Gasteiger partial charge in [-0.1, -0.05) is 5.16 Å². The first-order chi connectivity index (χ1) is 15.3. The molecule has 3 rings (SSSR count). The van der Waals surface area contributed by atoms with Crippen LogP contribution in [0.15, 0.2) is 28.8 Å². The van der Waals surface area contributed by atoms with Gasteiger partial charge < -0.3 is 19.9 Å². The van der Waals surface area contributed by atoms with E-state index in [1.54, 1.807) is 13.8 Å². The summed E-state index contributed by atoms with van der Waals surface area (Å²) in [6.45, 7) is 3.45. The first-order valence-corrected chi connectivity index (χ1v) is 10.6. The van der Waals surface area contributed by atoms with Crippen LogP contribution in [0, 0.1) is 12.7 Å². The minimum atomic E-state index is -0.618. The lowest BCUT2D eigenvalue weighted by Crippen LogP contribution is -2.18. The average Bonchev–Trinajstić information content (AvgIpc) is 3.37. The van der Waals surface area contributed by atoms with Gasteiger partial charge in [0, 0.05) is 25.5 Å². The third-order valence-corrected chi connectivity index (χ3v) is 5.66. The Kier molecular flexibility index (Phi) is 7.31. The fourth-order valence-electron chi connectivity index (χ4n) is 2.86. The van der Waals surface area contributed by atoms with Crippen LogP contribution < -0.4 is 10.6 Å². The number of anilines is 1. The molecule has 0 unspecified atom stereocenters. The standard InChI is InChI=1S/C21H21FN4O5S/c1-4-30-21(29)16-11(2)17(19(28)23-3)32-20(16)24-14(27)9-10-15-25-18(26-31-15)12-5-7-13(22)8-6-12/h5-8H,4,9-10H2,1-3H3,(H,23,28)(H,24,27). The molecule has 2 N–H and O–H groups in total. The second-order valence-corrected chi connectivity index (χ2v) is 7.65. The molecule has 0 bridgehead atoms. The van der Waals surface area contributed by atoms with Gasteiger partial charge in [-0.2, -0.15) is 4.98 Å². The Bertz CT molecular complexity index is 1140. The maximum absolute atomic E-state index is 13.0. The number of rotatable bonds is 8. The third kappa shape index (κ3) is 5.17. The summed E-state index contributed by atoms with van der Waals surface area (Å²) in [7, 11) is 1.48. The van der Waals surface area contributed by atoms with E-state index in [4.69, 9.17) is 9.26 Å². The van der Waals surface area contributed by atoms with Crippen molar-refractivity contribution in [1.29, 1.82) is 0 Å². The molecule has 0 radical (unpaired) electrons. The SMILES string of the molecule is CCOC(=O)c1c(NC(=O)CCc2nc(-c3ccc(F)cc3)no2)sc(C(=O)NC)c1C. The maximum Gasteiger partial charge on any atom is 0.341 e. The van der Waals surface area contributed by atoms with Gasteiger partial charge in [-0.25, -0.2) is 9.18 Å². The lowest BCUT2D eigenvalue weighted by molar-refractivity contribution is -0.116. The van der Waals surface area contributed by atoms with E-state index in [1.807, 2.05) is 0 Å². The number of benzene rings is 1. The number of halogens is 1. The predicted octanol–water partition coefficient (Wildman–Crippen LogP) is 3.35. The summed E-state index contributed by atoms with van der Waals surface area (Å²) in [6.07, 6.45) is 0.154. The summed E-state index contributed by atoms with van der Waals surface area (Å²) >= 11 is 0.999. The molecule has 0 spiro atoms. The van der Waals surface area contributed by atoms with Crippen LogP contribution in [-0.4, -0.2) is 41.6 Å². The van der Waals surface area contributed by atoms with Crippen LogP contribution in [0.3, 0.4) is 0 Å². The van der Waals surface area contributed by atoms with E-state index in [9.17, 15) is 18.8 Å². The number of aryl methyl sites for hydroxylation is 1. The van der Waals surface area contributed by atoms with Crippen LogP contribution in [0.2, 0.25) is 0 Å². The van der Waals surface area contributed by atoms with Gasteiger partial charge in [-0.05, 0) is 43.7 Å². The summed E-state index contributed by atoms with van der Waals surface area (Å²) in [5, 5.41) is 9.26. The molecular formula is C21H21FN4O5S. The Morgan fingerprint density at radius 3 is 2.59 bits per heavy atom. The Balaban J connectivity index is 1.70. The largest absolute Gasteiger partial charge is 0.462 e. The molecule has 168 valence electrons. The number of nitrogens with zero attached hydrogens (tertiary/aromatic N) is 2. The summed E-state index contributed by atoms with van der Waals surface area (Å²) in [4.78, 5) is 41.5. The molecule has 0 saturated heterocycles. The summed E-state index contributed by atoms with van der Waals surface area (Å²) < 4.78 is 23.3. The fraction of sp³-hybridized carbons (Fsp3) is 0.286. The van der Waals surface area contributed by atoms with Crippen LogP contribution in [0.5, 0.6) is 0 Å². The molecule has 0 aliphatic heterocycles. The highest BCUT2D eigenvalue weighted by atomic mass is 32.1. The fourth-order valence-corrected chi connectivity index (χ4v) is 4.02. The van der Waals surface area contributed by atoms with Gasteiger partial charge in [0.15, 0.2) is 0 Å². The predicted molar refractivity (Wildman–Crippen MR) is 115 cm³/mol. The minimum Gasteiger partial charge on any atom is -0.462 e. The van der Waals surface area contributed by atoms with Crippen molar-refractivity contribution in [2.24, 2.45) is 0 Å². The molecule has 0 aliphatic carbocycles. The lowest BCUT2D eigenvalue weighted by atomic mass is 10.1. The van der Waals surface area contributed by atoms with Crippen molar-refractivity contribution in [3.05, 3.63) is 52.0 Å². The highest BCUT2D eigenvalue weighted by Gasteiger charge is 2.26. The number of aromatic nitrogens is 2. The van der Waals surface area contributed by atoms with Crippen LogP contribution in [0.25, 0.3) is 11.4 Å². The van der Waals surface area contributed by atoms with Gasteiger partial charge in [0.2, 0.25) is 17.6 Å². The molecule has 0 fully saturated rings. The summed E-state index contributed by atoms with van der Waals surface area (Å²) in [5.74, 6) is -1.24. The van der Waals surface area contributed by atoms with Gasteiger partial charge in [-0.3, -0.25) is 9.59 Å². The molecule has 9 nitrogen and oxygen atoms in total. The Labute approximate surface area is 187 Å². The summed E-state index contributed by atoms with van der Waals surface area (Å²) in [6, 6.07) is 5.62. The van der Waals surface area contributed by atoms with Crippen molar-refractivity contribution in [2.75, 3.05) is 19.0 Å². The van der Waals surface area contributed by atoms with Crippen molar-refractivity contribution in [3.63, 3.8) is 0 Å². The Morgan fingerprint density at radius 1 is 1.22 bits per heavy atom. The van der Waals surface area contributed by atoms with Crippen molar-refractivity contribution in [3.8, 4) is 11.4 Å². The number of hydrogen-bond donors (Lipinski definition) is 2. The normalized spacial score (nSPS) is 10.6. The van der Waals surface area contributed by atoms with E-state index in [-0.39, 0.29) is 53.5 Å². The van der Waals surface area contributed by atoms with Gasteiger partial charge >= 0.3 is 5.97 Å². The minimum absolute atomic E-state index is 0.000425. The molecule has 2 aromatic heterocycles. The molecule has 1 aromatic carbocycles. The maximum atomic E-state index is 13.0. The zero-order valence-corrected chi connectivity index (χ0v) is 18.5. The van der Waals surface area contributed by atoms with Gasteiger partial charge in [-0.15, -0.1) is 11.3 Å². The number of nitrogens with one attached hydrogen (secondary N) is 2. The number of amides is 2. The molecule has 3 aromatic rings. The second kappa shape index (κ2) is 10.1. The van der Waals surface area contributed by atoms with Crippen molar-refractivity contribution >= 4 is 34.1 Å². The van der Waals surface area contributed by atoms with Gasteiger partial charge in [0.05, 0.1) is 17.0 Å². The zero-order valence-electron chi connectivity index (χ0n) is 17.7. The molecular weight excluding hydrogens is 439 g/mol. The van der Waals surface area contributed by atoms with Crippen LogP contribution in [0.4, 0.5) is 9.39 Å². The summed E-state index contributed by atoms with van der Waals surface area (Å²) in [5.41, 5.74) is 1.17. The Morgan fingerprint density at radius 2 is 1.94 bits per heavy atom. The van der Waals surface area contributed by atoms with E-state index in [1.165, 1.54) is 31.3 Å². The van der Waals surface area contributed by atoms with E-state index in [0.29, 0.717) is 16.0 Å². The van der Waals surface area contributed by atoms with Crippen LogP contribution >= 0.6 is 11.3 Å². The topological polar surface area (TPSA) is 123 Å². The number of carbonyl (C=O) groups is 3. The first-order valence-electron chi connectivity index (χ1n) is 9.75. The lowest BCUT2D eigenvalue weighted by Gasteiger charge is -2.06. The smallest absolute Gasteiger partial charge is 0.341 e. The van der Waals surface area contributed by atoms with Crippen LogP contribution in [-0.2, 0) is 16.0 Å². The average molecular weight is 460 g/mol. The Hall–Kier alpha value is -3.60. The van der Waals surface area contributed by atoms with Crippen LogP contribution in [0.1, 0.15) is 44.8 Å². The number of ether oxygens (including phenoxy) is 1. The molecule has 11 heteroatoms. The molecule has 32 heavy (non-hydrogen) atoms. The van der Waals surface area contributed by atoms with E-state index < -0.39 is 11.9 Å². The zero-order chi connectivity index (χ0) is 23.3. The number of thiophene rings is 1. The molecule has 2 heterocycles. The highest BCUT2D eigenvalue weighted by Crippen LogP contribution is 2.34. The first kappa shape index (κ1) is 23.1. The number of esters is 1. The second-order valence-electron chi connectivity index (χ2n) is 6.63. The van der Waals surface area contributed by atoms with E-state index in [2.05, 4.69) is 20.8 Å². The van der Waals surface area contributed by atoms with Crippen molar-refractivity contribution in [1.82, 2.24) is 15.5 Å². The highest BCUT2D eigenvalue weighted by molar-refractivity contribution is 7.18. The van der Waals surface area contributed by atoms with Gasteiger partial charge in [0.1, 0.15) is 10.8 Å². The quantitative estimate of drug-likeness (QED) is 0.494. The number of carbonyl (C=O) groups excluding carboxylic acids is 3. The molecule has 2 amide bonds. The van der Waals surface area contributed by atoms with E-state index >= 15 is 0 Å². The van der Waals surface area contributed by atoms with Crippen molar-refractivity contribution < 1.29 is 28.0 Å².